The van der Waals surface area contributed by atoms with Gasteiger partial charge in [-0.3, -0.25) is 4.79 Å². The highest BCUT2D eigenvalue weighted by Crippen LogP contribution is 2.32. The molecule has 0 saturated carbocycles. The van der Waals surface area contributed by atoms with Crippen molar-refractivity contribution in [2.75, 3.05) is 0 Å². The van der Waals surface area contributed by atoms with Crippen LogP contribution in [0, 0.1) is 0 Å². The molecule has 72 valence electrons. The van der Waals surface area contributed by atoms with Crippen LogP contribution in [0.5, 0.6) is 0 Å². The number of fused-ring (bicyclic) bond motifs is 1. The minimum Gasteiger partial charge on any atom is -0.300 e. The smallest absolute Gasteiger partial charge is 0.134 e. The van der Waals surface area contributed by atoms with Crippen LogP contribution in [0.4, 0.5) is 0 Å². The molecule has 0 aliphatic heterocycles. The largest absolute Gasteiger partial charge is 0.300 e. The number of carbonyl (C=O) groups is 1. The third-order valence-corrected chi connectivity index (χ3v) is 4.07. The molecule has 1 aromatic carbocycles. The predicted molar refractivity (Wildman–Crippen MR) is 63.9 cm³/mol. The Balaban J connectivity index is 2.58. The minimum atomic E-state index is 0.213. The SMILES string of the molecule is CC(=O)Cc1csc2c(Br)cccc12. The van der Waals surface area contributed by atoms with Gasteiger partial charge < -0.3 is 0 Å². The van der Waals surface area contributed by atoms with Gasteiger partial charge in [0.2, 0.25) is 0 Å². The van der Waals surface area contributed by atoms with Crippen molar-refractivity contribution in [3.05, 3.63) is 33.6 Å². The Morgan fingerprint density at radius 1 is 1.50 bits per heavy atom. The van der Waals surface area contributed by atoms with Gasteiger partial charge in [-0.1, -0.05) is 12.1 Å². The average Bonchev–Trinajstić information content (AvgIpc) is 2.49. The van der Waals surface area contributed by atoms with E-state index in [9.17, 15) is 4.79 Å². The zero-order valence-corrected chi connectivity index (χ0v) is 10.1. The second-order valence-electron chi connectivity index (χ2n) is 3.26. The molecule has 1 heterocycles. The Kier molecular flexibility index (Phi) is 2.70. The first-order valence-corrected chi connectivity index (χ1v) is 6.00. The second kappa shape index (κ2) is 3.83. The quantitative estimate of drug-likeness (QED) is 0.810. The molecule has 0 N–H and O–H groups in total. The highest BCUT2D eigenvalue weighted by Gasteiger charge is 2.07. The topological polar surface area (TPSA) is 17.1 Å². The molecule has 2 rings (SSSR count). The predicted octanol–water partition coefficient (Wildman–Crippen LogP) is 3.80. The van der Waals surface area contributed by atoms with Gasteiger partial charge in [-0.25, -0.2) is 0 Å². The normalized spacial score (nSPS) is 10.7. The zero-order chi connectivity index (χ0) is 10.1. The summed E-state index contributed by atoms with van der Waals surface area (Å²) in [6.07, 6.45) is 0.538. The van der Waals surface area contributed by atoms with E-state index in [0.29, 0.717) is 6.42 Å². The number of Topliss-reactive ketones (excluding diaryl/α,β-unsaturated/α-hetero) is 1. The van der Waals surface area contributed by atoms with Crippen LogP contribution in [-0.4, -0.2) is 5.78 Å². The first-order chi connectivity index (χ1) is 6.68. The molecule has 1 aromatic heterocycles. The molecule has 0 atom stereocenters. The van der Waals surface area contributed by atoms with Gasteiger partial charge in [0.1, 0.15) is 5.78 Å². The lowest BCUT2D eigenvalue weighted by atomic mass is 10.1. The highest BCUT2D eigenvalue weighted by atomic mass is 79.9. The lowest BCUT2D eigenvalue weighted by Crippen LogP contribution is -1.94. The van der Waals surface area contributed by atoms with Crippen LogP contribution < -0.4 is 0 Å². The zero-order valence-electron chi connectivity index (χ0n) is 7.71. The Morgan fingerprint density at radius 2 is 2.29 bits per heavy atom. The third-order valence-electron chi connectivity index (χ3n) is 2.07. The fourth-order valence-electron chi connectivity index (χ4n) is 1.48. The minimum absolute atomic E-state index is 0.213. The molecule has 0 amide bonds. The van der Waals surface area contributed by atoms with Crippen LogP contribution in [0.3, 0.4) is 0 Å². The number of hydrogen-bond acceptors (Lipinski definition) is 2. The van der Waals surface area contributed by atoms with Gasteiger partial charge in [-0.2, -0.15) is 0 Å². The Hall–Kier alpha value is -0.670. The summed E-state index contributed by atoms with van der Waals surface area (Å²) in [7, 11) is 0. The summed E-state index contributed by atoms with van der Waals surface area (Å²) in [5.41, 5.74) is 1.14. The van der Waals surface area contributed by atoms with Crippen LogP contribution >= 0.6 is 27.3 Å². The number of rotatable bonds is 2. The molecule has 2 aromatic rings. The molecule has 0 saturated heterocycles. The summed E-state index contributed by atoms with van der Waals surface area (Å²) in [4.78, 5) is 11.0. The van der Waals surface area contributed by atoms with Crippen molar-refractivity contribution >= 4 is 43.1 Å². The molecule has 3 heteroatoms. The fraction of sp³-hybridized carbons (Fsp3) is 0.182. The van der Waals surface area contributed by atoms with Gasteiger partial charge >= 0.3 is 0 Å². The standard InChI is InChI=1S/C11H9BrOS/c1-7(13)5-8-6-14-11-9(8)3-2-4-10(11)12/h2-4,6H,5H2,1H3. The number of carbonyl (C=O) groups excluding carboxylic acids is 1. The maximum Gasteiger partial charge on any atom is 0.134 e. The molecule has 14 heavy (non-hydrogen) atoms. The van der Waals surface area contributed by atoms with Crippen molar-refractivity contribution in [3.63, 3.8) is 0 Å². The summed E-state index contributed by atoms with van der Waals surface area (Å²) in [5, 5.41) is 3.26. The van der Waals surface area contributed by atoms with E-state index < -0.39 is 0 Å². The molecular formula is C11H9BrOS. The van der Waals surface area contributed by atoms with Gasteiger partial charge in [0, 0.05) is 15.6 Å². The molecule has 0 radical (unpaired) electrons. The maximum absolute atomic E-state index is 11.0. The Bertz CT molecular complexity index is 487. The van der Waals surface area contributed by atoms with Crippen LogP contribution in [-0.2, 0) is 11.2 Å². The number of thiophene rings is 1. The maximum atomic E-state index is 11.0. The molecular weight excluding hydrogens is 260 g/mol. The summed E-state index contributed by atoms with van der Waals surface area (Å²) in [5.74, 6) is 0.213. The van der Waals surface area contributed by atoms with Crippen LogP contribution in [0.1, 0.15) is 12.5 Å². The van der Waals surface area contributed by atoms with Crippen LogP contribution in [0.2, 0.25) is 0 Å². The first-order valence-electron chi connectivity index (χ1n) is 4.32. The highest BCUT2D eigenvalue weighted by molar-refractivity contribution is 9.10. The van der Waals surface area contributed by atoms with E-state index in [1.807, 2.05) is 12.1 Å². The summed E-state index contributed by atoms with van der Waals surface area (Å²) in [6.45, 7) is 1.63. The van der Waals surface area contributed by atoms with E-state index in [0.717, 1.165) is 10.0 Å². The van der Waals surface area contributed by atoms with Crippen molar-refractivity contribution in [2.45, 2.75) is 13.3 Å². The van der Waals surface area contributed by atoms with Gasteiger partial charge in [0.05, 0.1) is 0 Å². The molecule has 0 aliphatic rings. The molecule has 0 aliphatic carbocycles. The number of ketones is 1. The molecule has 0 spiro atoms. The first kappa shape index (κ1) is 9.87. The molecule has 0 bridgehead atoms. The van der Waals surface area contributed by atoms with Gasteiger partial charge in [-0.15, -0.1) is 11.3 Å². The van der Waals surface area contributed by atoms with Crippen molar-refractivity contribution in [1.29, 1.82) is 0 Å². The van der Waals surface area contributed by atoms with E-state index in [-0.39, 0.29) is 5.78 Å². The van der Waals surface area contributed by atoms with Gasteiger partial charge in [0.15, 0.2) is 0 Å². The van der Waals surface area contributed by atoms with Crippen LogP contribution in [0.25, 0.3) is 10.1 Å². The summed E-state index contributed by atoms with van der Waals surface area (Å²) < 4.78 is 2.33. The van der Waals surface area contributed by atoms with Crippen molar-refractivity contribution in [3.8, 4) is 0 Å². The summed E-state index contributed by atoms with van der Waals surface area (Å²) >= 11 is 5.19. The molecule has 0 fully saturated rings. The van der Waals surface area contributed by atoms with E-state index in [4.69, 9.17) is 0 Å². The van der Waals surface area contributed by atoms with Gasteiger partial charge in [0.25, 0.3) is 0 Å². The monoisotopic (exact) mass is 268 g/mol. The second-order valence-corrected chi connectivity index (χ2v) is 4.99. The number of benzene rings is 1. The van der Waals surface area contributed by atoms with E-state index in [1.54, 1.807) is 18.3 Å². The molecule has 0 unspecified atom stereocenters. The average molecular weight is 269 g/mol. The summed E-state index contributed by atoms with van der Waals surface area (Å²) in [6, 6.07) is 6.09. The van der Waals surface area contributed by atoms with E-state index in [2.05, 4.69) is 27.4 Å². The lowest BCUT2D eigenvalue weighted by molar-refractivity contribution is -0.116. The van der Waals surface area contributed by atoms with Crippen molar-refractivity contribution in [1.82, 2.24) is 0 Å². The van der Waals surface area contributed by atoms with Crippen LogP contribution in [0.15, 0.2) is 28.1 Å². The van der Waals surface area contributed by atoms with Crippen molar-refractivity contribution in [2.24, 2.45) is 0 Å². The number of halogens is 1. The Labute approximate surface area is 94.9 Å². The van der Waals surface area contributed by atoms with E-state index >= 15 is 0 Å². The van der Waals surface area contributed by atoms with E-state index in [1.165, 1.54) is 10.1 Å². The molecule has 1 nitrogen and oxygen atoms in total. The fourth-order valence-corrected chi connectivity index (χ4v) is 3.10. The third kappa shape index (κ3) is 1.74. The number of hydrogen-bond donors (Lipinski definition) is 0. The Morgan fingerprint density at radius 3 is 3.00 bits per heavy atom. The van der Waals surface area contributed by atoms with Crippen molar-refractivity contribution < 1.29 is 4.79 Å². The lowest BCUT2D eigenvalue weighted by Gasteiger charge is -1.96. The van der Waals surface area contributed by atoms with Gasteiger partial charge in [-0.05, 0) is 45.2 Å².